The van der Waals surface area contributed by atoms with Crippen molar-refractivity contribution in [3.05, 3.63) is 76.9 Å². The fourth-order valence-electron chi connectivity index (χ4n) is 4.08. The molecule has 1 aliphatic rings. The lowest BCUT2D eigenvalue weighted by Gasteiger charge is -2.30. The molecule has 1 amide bonds. The molecule has 8 heteroatoms. The van der Waals surface area contributed by atoms with Crippen LogP contribution in [0.5, 0.6) is 0 Å². The number of Topliss-reactive ketones (excluding diaryl/α,β-unsaturated/α-hetero) is 1. The summed E-state index contributed by atoms with van der Waals surface area (Å²) in [6.07, 6.45) is 0. The maximum absolute atomic E-state index is 13.4. The van der Waals surface area contributed by atoms with Gasteiger partial charge in [-0.3, -0.25) is 14.5 Å². The minimum atomic E-state index is -0.802. The summed E-state index contributed by atoms with van der Waals surface area (Å²) in [7, 11) is 1.58. The van der Waals surface area contributed by atoms with Gasteiger partial charge in [0.15, 0.2) is 11.5 Å². The van der Waals surface area contributed by atoms with Gasteiger partial charge in [-0.25, -0.2) is 0 Å². The number of rotatable bonds is 6. The Kier molecular flexibility index (Phi) is 6.10. The Hall–Kier alpha value is -3.78. The number of aromatic nitrogens is 2. The molecular weight excluding hydrogens is 434 g/mol. The van der Waals surface area contributed by atoms with E-state index in [4.69, 9.17) is 9.26 Å². The van der Waals surface area contributed by atoms with Gasteiger partial charge >= 0.3 is 0 Å². The van der Waals surface area contributed by atoms with E-state index in [2.05, 4.69) is 10.1 Å². The number of benzene rings is 2. The first kappa shape index (κ1) is 23.4. The van der Waals surface area contributed by atoms with Crippen molar-refractivity contribution in [3.8, 4) is 11.4 Å². The Morgan fingerprint density at radius 3 is 2.41 bits per heavy atom. The Morgan fingerprint density at radius 1 is 1.15 bits per heavy atom. The van der Waals surface area contributed by atoms with Gasteiger partial charge in [-0.1, -0.05) is 50.2 Å². The number of hydrogen-bond acceptors (Lipinski definition) is 7. The number of methoxy groups -OCH3 is 1. The van der Waals surface area contributed by atoms with E-state index in [-0.39, 0.29) is 11.4 Å². The van der Waals surface area contributed by atoms with Crippen molar-refractivity contribution in [1.29, 1.82) is 0 Å². The minimum absolute atomic E-state index is 0.0823. The highest BCUT2D eigenvalue weighted by atomic mass is 16.5. The first-order valence-corrected chi connectivity index (χ1v) is 10.9. The van der Waals surface area contributed by atoms with Crippen LogP contribution in [0, 0.1) is 12.3 Å². The molecule has 1 aromatic heterocycles. The number of nitrogens with zero attached hydrogens (tertiary/aromatic N) is 3. The summed E-state index contributed by atoms with van der Waals surface area (Å²) in [5, 5.41) is 14.8. The van der Waals surface area contributed by atoms with Crippen LogP contribution in [0.1, 0.15) is 43.8 Å². The van der Waals surface area contributed by atoms with Gasteiger partial charge in [0.1, 0.15) is 0 Å². The SMILES string of the molecule is COCc1ccccc1C1C(C(=O)C(C)(C)C)=C(O)C(=O)N1c1ccc(-c2noc(C)n2)cc1. The topological polar surface area (TPSA) is 106 Å². The molecule has 2 aromatic carbocycles. The molecule has 34 heavy (non-hydrogen) atoms. The molecule has 0 bridgehead atoms. The highest BCUT2D eigenvalue weighted by Crippen LogP contribution is 2.44. The zero-order chi connectivity index (χ0) is 24.6. The summed E-state index contributed by atoms with van der Waals surface area (Å²) in [5.41, 5.74) is 2.06. The third-order valence-electron chi connectivity index (χ3n) is 5.71. The van der Waals surface area contributed by atoms with Gasteiger partial charge in [-0.2, -0.15) is 4.98 Å². The van der Waals surface area contributed by atoms with E-state index in [1.807, 2.05) is 24.3 Å². The minimum Gasteiger partial charge on any atom is -0.503 e. The van der Waals surface area contributed by atoms with E-state index in [1.54, 1.807) is 59.1 Å². The van der Waals surface area contributed by atoms with Crippen LogP contribution in [-0.2, 0) is 20.9 Å². The molecule has 0 saturated carbocycles. The third kappa shape index (κ3) is 4.12. The summed E-state index contributed by atoms with van der Waals surface area (Å²) in [6, 6.07) is 13.7. The number of anilines is 1. The van der Waals surface area contributed by atoms with Crippen molar-refractivity contribution < 1.29 is 24.0 Å². The number of carbonyl (C=O) groups is 2. The highest BCUT2D eigenvalue weighted by molar-refractivity contribution is 6.17. The number of carbonyl (C=O) groups excluding carboxylic acids is 2. The maximum Gasteiger partial charge on any atom is 0.294 e. The van der Waals surface area contributed by atoms with Crippen molar-refractivity contribution >= 4 is 17.4 Å². The van der Waals surface area contributed by atoms with E-state index in [9.17, 15) is 14.7 Å². The quantitative estimate of drug-likeness (QED) is 0.567. The van der Waals surface area contributed by atoms with Crippen LogP contribution in [-0.4, -0.2) is 34.0 Å². The third-order valence-corrected chi connectivity index (χ3v) is 5.71. The van der Waals surface area contributed by atoms with Gasteiger partial charge in [0.05, 0.1) is 18.2 Å². The number of ketones is 1. The van der Waals surface area contributed by atoms with Gasteiger partial charge in [0, 0.05) is 30.7 Å². The van der Waals surface area contributed by atoms with Gasteiger partial charge in [-0.15, -0.1) is 0 Å². The largest absolute Gasteiger partial charge is 0.503 e. The van der Waals surface area contributed by atoms with Crippen molar-refractivity contribution in [1.82, 2.24) is 10.1 Å². The van der Waals surface area contributed by atoms with Gasteiger partial charge in [0.2, 0.25) is 11.7 Å². The van der Waals surface area contributed by atoms with Crippen LogP contribution in [0.25, 0.3) is 11.4 Å². The fraction of sp³-hybridized carbons (Fsp3) is 0.308. The van der Waals surface area contributed by atoms with Crippen LogP contribution in [0.15, 0.2) is 64.4 Å². The first-order valence-electron chi connectivity index (χ1n) is 10.9. The molecule has 1 unspecified atom stereocenters. The Morgan fingerprint density at radius 2 is 1.82 bits per heavy atom. The Balaban J connectivity index is 1.85. The van der Waals surface area contributed by atoms with E-state index < -0.39 is 23.1 Å². The van der Waals surface area contributed by atoms with E-state index >= 15 is 0 Å². The Labute approximate surface area is 197 Å². The van der Waals surface area contributed by atoms with E-state index in [0.29, 0.717) is 35.1 Å². The van der Waals surface area contributed by atoms with Crippen molar-refractivity contribution in [2.45, 2.75) is 40.3 Å². The average molecular weight is 462 g/mol. The normalized spacial score (nSPS) is 16.4. The van der Waals surface area contributed by atoms with E-state index in [0.717, 1.165) is 5.56 Å². The standard InChI is InChI=1S/C26H27N3O5/c1-15-27-24(28-34-15)16-10-12-18(13-11-16)29-21(19-9-7-6-8-17(19)14-33-5)20(22(30)25(29)32)23(31)26(2,3)4/h6-13,21,30H,14H2,1-5H3. The molecule has 0 saturated heterocycles. The second kappa shape index (κ2) is 8.87. The highest BCUT2D eigenvalue weighted by Gasteiger charge is 2.47. The maximum atomic E-state index is 13.4. The van der Waals surface area contributed by atoms with Crippen LogP contribution in [0.4, 0.5) is 5.69 Å². The molecule has 1 N–H and O–H groups in total. The number of aliphatic hydroxyl groups is 1. The molecule has 8 nitrogen and oxygen atoms in total. The summed E-state index contributed by atoms with van der Waals surface area (Å²) >= 11 is 0. The lowest BCUT2D eigenvalue weighted by atomic mass is 9.81. The van der Waals surface area contributed by atoms with Crippen LogP contribution in [0.3, 0.4) is 0 Å². The lowest BCUT2D eigenvalue weighted by Crippen LogP contribution is -2.33. The first-order chi connectivity index (χ1) is 16.1. The molecule has 2 heterocycles. The molecule has 0 spiro atoms. The second-order valence-corrected chi connectivity index (χ2v) is 9.23. The molecule has 176 valence electrons. The van der Waals surface area contributed by atoms with Crippen LogP contribution >= 0.6 is 0 Å². The van der Waals surface area contributed by atoms with Crippen molar-refractivity contribution in [2.24, 2.45) is 5.41 Å². The number of aliphatic hydroxyl groups excluding tert-OH is 1. The van der Waals surface area contributed by atoms with Gasteiger partial charge < -0.3 is 14.4 Å². The van der Waals surface area contributed by atoms with Gasteiger partial charge in [-0.05, 0) is 35.4 Å². The molecule has 3 aromatic rings. The number of aryl methyl sites for hydroxylation is 1. The summed E-state index contributed by atoms with van der Waals surface area (Å²) < 4.78 is 10.4. The van der Waals surface area contributed by atoms with E-state index in [1.165, 1.54) is 4.90 Å². The van der Waals surface area contributed by atoms with Crippen molar-refractivity contribution in [2.75, 3.05) is 12.0 Å². The molecule has 0 aliphatic carbocycles. The Bertz CT molecular complexity index is 1270. The fourth-order valence-corrected chi connectivity index (χ4v) is 4.08. The number of ether oxygens (including phenoxy) is 1. The molecule has 1 atom stereocenters. The zero-order valence-corrected chi connectivity index (χ0v) is 19.8. The molecule has 1 aliphatic heterocycles. The zero-order valence-electron chi connectivity index (χ0n) is 19.8. The summed E-state index contributed by atoms with van der Waals surface area (Å²) in [5.74, 6) is -0.577. The number of amides is 1. The summed E-state index contributed by atoms with van der Waals surface area (Å²) in [6.45, 7) is 7.30. The van der Waals surface area contributed by atoms with Crippen LogP contribution in [0.2, 0.25) is 0 Å². The molecular formula is C26H27N3O5. The predicted octanol–water partition coefficient (Wildman–Crippen LogP) is 4.71. The molecule has 0 fully saturated rings. The lowest BCUT2D eigenvalue weighted by molar-refractivity contribution is -0.123. The second-order valence-electron chi connectivity index (χ2n) is 9.23. The van der Waals surface area contributed by atoms with Crippen LogP contribution < -0.4 is 4.90 Å². The smallest absolute Gasteiger partial charge is 0.294 e. The average Bonchev–Trinajstić information content (AvgIpc) is 3.34. The monoisotopic (exact) mass is 461 g/mol. The molecule has 0 radical (unpaired) electrons. The van der Waals surface area contributed by atoms with Crippen molar-refractivity contribution in [3.63, 3.8) is 0 Å². The molecule has 4 rings (SSSR count). The summed E-state index contributed by atoms with van der Waals surface area (Å²) in [4.78, 5) is 32.5. The predicted molar refractivity (Wildman–Crippen MR) is 126 cm³/mol. The van der Waals surface area contributed by atoms with Gasteiger partial charge in [0.25, 0.3) is 5.91 Å². The number of hydrogen-bond donors (Lipinski definition) is 1.